The average Bonchev–Trinajstić information content (AvgIpc) is 3.60. The zero-order chi connectivity index (χ0) is 36.4. The van der Waals surface area contributed by atoms with Crippen LogP contribution in [0.3, 0.4) is 0 Å². The van der Waals surface area contributed by atoms with E-state index < -0.39 is 5.54 Å². The van der Waals surface area contributed by atoms with E-state index in [1.165, 1.54) is 86.5 Å². The molecule has 0 bridgehead atoms. The molecule has 3 aliphatic rings. The second kappa shape index (κ2) is 11.1. The zero-order valence-corrected chi connectivity index (χ0v) is 31.8. The van der Waals surface area contributed by atoms with Crippen LogP contribution < -0.4 is 4.90 Å². The van der Waals surface area contributed by atoms with Crippen LogP contribution in [0.2, 0.25) is 0 Å². The first-order valence-electron chi connectivity index (χ1n) is 19.1. The van der Waals surface area contributed by atoms with Crippen molar-refractivity contribution in [3.05, 3.63) is 186 Å². The molecule has 54 heavy (non-hydrogen) atoms. The molecule has 6 aromatic carbocycles. The molecule has 2 aliphatic carbocycles. The van der Waals surface area contributed by atoms with Crippen LogP contribution in [0, 0.1) is 5.92 Å². The maximum Gasteiger partial charge on any atom is 0.0833 e. The van der Waals surface area contributed by atoms with Crippen LogP contribution in [0.4, 0.5) is 11.4 Å². The number of allylic oxidation sites excluding steroid dienone is 4. The molecule has 0 N–H and O–H groups in total. The van der Waals surface area contributed by atoms with Gasteiger partial charge in [0.05, 0.1) is 10.2 Å². The molecular weight excluding hydrogens is 673 g/mol. The van der Waals surface area contributed by atoms with Gasteiger partial charge in [-0.15, -0.1) is 11.3 Å². The molecule has 2 nitrogen and oxygen atoms in total. The van der Waals surface area contributed by atoms with Gasteiger partial charge in [-0.2, -0.15) is 0 Å². The van der Waals surface area contributed by atoms with E-state index in [0.29, 0.717) is 0 Å². The molecule has 0 saturated heterocycles. The Morgan fingerprint density at radius 3 is 2.22 bits per heavy atom. The lowest BCUT2D eigenvalue weighted by Crippen LogP contribution is -2.58. The normalized spacial score (nSPS) is 24.4. The van der Waals surface area contributed by atoms with E-state index in [-0.39, 0.29) is 16.7 Å². The number of anilines is 2. The summed E-state index contributed by atoms with van der Waals surface area (Å²) >= 11 is 1.83. The van der Waals surface area contributed by atoms with Gasteiger partial charge in [0, 0.05) is 50.1 Å². The molecule has 2 aromatic heterocycles. The van der Waals surface area contributed by atoms with Crippen molar-refractivity contribution in [2.24, 2.45) is 5.92 Å². The van der Waals surface area contributed by atoms with Crippen LogP contribution in [0.5, 0.6) is 0 Å². The monoisotopic (exact) mass is 712 g/mol. The first-order valence-corrected chi connectivity index (χ1v) is 19.9. The summed E-state index contributed by atoms with van der Waals surface area (Å²) < 4.78 is 2.54. The summed E-state index contributed by atoms with van der Waals surface area (Å²) in [5, 5.41) is 7.82. The second-order valence-electron chi connectivity index (χ2n) is 16.1. The van der Waals surface area contributed by atoms with E-state index in [1.54, 1.807) is 0 Å². The van der Waals surface area contributed by atoms with E-state index in [0.717, 1.165) is 0 Å². The van der Waals surface area contributed by atoms with Crippen molar-refractivity contribution < 1.29 is 0 Å². The quantitative estimate of drug-likeness (QED) is 0.134. The average molecular weight is 713 g/mol. The summed E-state index contributed by atoms with van der Waals surface area (Å²) in [4.78, 5) is 7.03. The molecule has 8 aromatic rings. The Kier molecular flexibility index (Phi) is 6.54. The predicted octanol–water partition coefficient (Wildman–Crippen LogP) is 13.6. The lowest BCUT2D eigenvalue weighted by molar-refractivity contribution is 0.442. The smallest absolute Gasteiger partial charge is 0.0833 e. The number of para-hydroxylation sites is 1. The first kappa shape index (κ1) is 31.7. The molecule has 1 aliphatic heterocycles. The lowest BCUT2D eigenvalue weighted by atomic mass is 9.52. The number of aromatic nitrogens is 1. The number of hydrogen-bond acceptors (Lipinski definition) is 3. The molecule has 0 saturated carbocycles. The number of rotatable bonds is 3. The molecule has 3 heterocycles. The fourth-order valence-corrected chi connectivity index (χ4v) is 11.8. The van der Waals surface area contributed by atoms with Gasteiger partial charge >= 0.3 is 0 Å². The maximum atomic E-state index is 4.41. The van der Waals surface area contributed by atoms with Crippen LogP contribution in [-0.4, -0.2) is 10.5 Å². The molecule has 0 amide bonds. The minimum absolute atomic E-state index is 0.263. The fourth-order valence-electron chi connectivity index (χ4n) is 10.6. The summed E-state index contributed by atoms with van der Waals surface area (Å²) in [5.74, 6) is 0.263. The molecule has 4 unspecified atom stereocenters. The summed E-state index contributed by atoms with van der Waals surface area (Å²) in [7, 11) is 0. The number of thiophene rings is 1. The Labute approximate surface area is 320 Å². The first-order chi connectivity index (χ1) is 26.3. The van der Waals surface area contributed by atoms with Crippen LogP contribution in [0.1, 0.15) is 38.8 Å². The Hall–Kier alpha value is -5.77. The molecule has 3 heteroatoms. The van der Waals surface area contributed by atoms with Crippen molar-refractivity contribution in [3.63, 3.8) is 0 Å². The standard InChI is InChI=1S/C51H40N2S/c1-32-24-26-50(3)42-18-9-10-19-44(42)53(35-22-20-33(21-23-35)37-16-11-17-41-40-25-29-52-31-45(40)54-47(37)41)51(4)28-27-49(2,46(32)48(50)51)43-30-34-12-5-6-13-36(34)38-14-7-8-15-39(38)43/h5-32H,1-4H3. The van der Waals surface area contributed by atoms with Crippen LogP contribution in [-0.2, 0) is 10.8 Å². The Bertz CT molecular complexity index is 2960. The Morgan fingerprint density at radius 1 is 0.630 bits per heavy atom. The van der Waals surface area contributed by atoms with Gasteiger partial charge in [-0.1, -0.05) is 128 Å². The number of hydrogen-bond donors (Lipinski definition) is 0. The van der Waals surface area contributed by atoms with Crippen molar-refractivity contribution in [1.29, 1.82) is 0 Å². The summed E-state index contributed by atoms with van der Waals surface area (Å²) in [6, 6.07) is 47.6. The molecule has 260 valence electrons. The van der Waals surface area contributed by atoms with E-state index in [4.69, 9.17) is 0 Å². The summed E-state index contributed by atoms with van der Waals surface area (Å²) in [5.41, 5.74) is 9.72. The lowest BCUT2D eigenvalue weighted by Gasteiger charge is -2.59. The van der Waals surface area contributed by atoms with E-state index in [9.17, 15) is 0 Å². The SMILES string of the molecule is CC1C=CC2(C)C3=C1C(C)(c1cc4ccccc4c4ccccc14)C=CC3(C)N(c1ccc(-c3cccc4c3sc3cnccc34)cc1)c1ccccc12. The molecule has 11 rings (SSSR count). The van der Waals surface area contributed by atoms with E-state index in [2.05, 4.69) is 189 Å². The van der Waals surface area contributed by atoms with Gasteiger partial charge in [0.1, 0.15) is 0 Å². The molecular formula is C51H40N2S. The number of pyridine rings is 1. The molecule has 4 atom stereocenters. The third-order valence-corrected chi connectivity index (χ3v) is 14.2. The van der Waals surface area contributed by atoms with Gasteiger partial charge in [0.15, 0.2) is 0 Å². The highest BCUT2D eigenvalue weighted by atomic mass is 32.1. The Morgan fingerprint density at radius 2 is 1.37 bits per heavy atom. The van der Waals surface area contributed by atoms with Crippen LogP contribution in [0.25, 0.3) is 52.8 Å². The minimum atomic E-state index is -0.399. The van der Waals surface area contributed by atoms with Gasteiger partial charge < -0.3 is 4.90 Å². The van der Waals surface area contributed by atoms with Gasteiger partial charge in [0.2, 0.25) is 0 Å². The summed E-state index contributed by atoms with van der Waals surface area (Å²) in [6.07, 6.45) is 14.0. The topological polar surface area (TPSA) is 16.1 Å². The third-order valence-electron chi connectivity index (χ3n) is 13.0. The van der Waals surface area contributed by atoms with Crippen molar-refractivity contribution in [2.75, 3.05) is 4.90 Å². The largest absolute Gasteiger partial charge is 0.328 e. The maximum absolute atomic E-state index is 4.41. The second-order valence-corrected chi connectivity index (χ2v) is 17.1. The number of benzene rings is 6. The predicted molar refractivity (Wildman–Crippen MR) is 230 cm³/mol. The van der Waals surface area contributed by atoms with E-state index >= 15 is 0 Å². The van der Waals surface area contributed by atoms with Crippen LogP contribution >= 0.6 is 11.3 Å². The van der Waals surface area contributed by atoms with Crippen molar-refractivity contribution in [1.82, 2.24) is 4.98 Å². The minimum Gasteiger partial charge on any atom is -0.328 e. The summed E-state index contributed by atoms with van der Waals surface area (Å²) in [6.45, 7) is 9.80. The Balaban J connectivity index is 1.12. The fraction of sp³-hybridized carbons (Fsp3) is 0.157. The third kappa shape index (κ3) is 4.14. The number of fused-ring (bicyclic) bond motifs is 8. The van der Waals surface area contributed by atoms with Crippen molar-refractivity contribution >= 4 is 64.4 Å². The highest BCUT2D eigenvalue weighted by molar-refractivity contribution is 7.26. The highest BCUT2D eigenvalue weighted by Gasteiger charge is 2.56. The van der Waals surface area contributed by atoms with E-state index in [1.807, 2.05) is 23.7 Å². The van der Waals surface area contributed by atoms with Gasteiger partial charge in [-0.25, -0.2) is 0 Å². The van der Waals surface area contributed by atoms with Gasteiger partial charge in [-0.3, -0.25) is 4.98 Å². The molecule has 0 spiro atoms. The number of nitrogens with zero attached hydrogens (tertiary/aromatic N) is 2. The van der Waals surface area contributed by atoms with Gasteiger partial charge in [-0.05, 0) is 112 Å². The van der Waals surface area contributed by atoms with Crippen molar-refractivity contribution in [3.8, 4) is 11.1 Å². The van der Waals surface area contributed by atoms with Crippen molar-refractivity contribution in [2.45, 2.75) is 44.1 Å². The zero-order valence-electron chi connectivity index (χ0n) is 31.0. The van der Waals surface area contributed by atoms with Crippen LogP contribution in [0.15, 0.2) is 175 Å². The molecule has 0 radical (unpaired) electrons. The molecule has 0 fully saturated rings. The van der Waals surface area contributed by atoms with Gasteiger partial charge in [0.25, 0.3) is 0 Å². The highest BCUT2D eigenvalue weighted by Crippen LogP contribution is 2.63.